The van der Waals surface area contributed by atoms with Gasteiger partial charge < -0.3 is 10.4 Å². The second kappa shape index (κ2) is 3.64. The van der Waals surface area contributed by atoms with Crippen molar-refractivity contribution in [1.82, 2.24) is 4.98 Å². The van der Waals surface area contributed by atoms with Crippen LogP contribution in [-0.4, -0.2) is 22.2 Å². The number of aliphatic hydroxyl groups excluding tert-OH is 1. The molecule has 0 aromatic carbocycles. The highest BCUT2D eigenvalue weighted by molar-refractivity contribution is 5.54. The molecule has 1 saturated carbocycles. The van der Waals surface area contributed by atoms with Crippen molar-refractivity contribution in [2.24, 2.45) is 0 Å². The Morgan fingerprint density at radius 3 is 3.00 bits per heavy atom. The number of hydrogen-bond donors (Lipinski definition) is 2. The number of nitriles is 1. The van der Waals surface area contributed by atoms with Crippen LogP contribution in [0.3, 0.4) is 0 Å². The maximum Gasteiger partial charge on any atom is 0.163 e. The minimum Gasteiger partial charge on any atom is -0.393 e. The molecule has 1 aliphatic carbocycles. The summed E-state index contributed by atoms with van der Waals surface area (Å²) >= 11 is 0. The van der Waals surface area contributed by atoms with E-state index >= 15 is 0 Å². The van der Waals surface area contributed by atoms with Gasteiger partial charge in [-0.25, -0.2) is 4.98 Å². The van der Waals surface area contributed by atoms with Crippen LogP contribution >= 0.6 is 0 Å². The minimum atomic E-state index is -0.185. The largest absolute Gasteiger partial charge is 0.393 e. The van der Waals surface area contributed by atoms with Gasteiger partial charge in [-0.15, -0.1) is 0 Å². The second-order valence-electron chi connectivity index (χ2n) is 3.48. The van der Waals surface area contributed by atoms with Crippen LogP contribution in [0.15, 0.2) is 18.3 Å². The molecule has 2 N–H and O–H groups in total. The van der Waals surface area contributed by atoms with Crippen molar-refractivity contribution in [3.8, 4) is 6.07 Å². The van der Waals surface area contributed by atoms with Gasteiger partial charge in [-0.1, -0.05) is 0 Å². The van der Waals surface area contributed by atoms with E-state index < -0.39 is 0 Å². The average molecular weight is 189 g/mol. The van der Waals surface area contributed by atoms with Crippen molar-refractivity contribution in [1.29, 1.82) is 5.26 Å². The lowest BCUT2D eigenvalue weighted by molar-refractivity contribution is 0.0836. The molecule has 0 atom stereocenters. The summed E-state index contributed by atoms with van der Waals surface area (Å²) in [5.74, 6) is 0. The predicted molar refractivity (Wildman–Crippen MR) is 51.6 cm³/mol. The minimum absolute atomic E-state index is 0.185. The van der Waals surface area contributed by atoms with Gasteiger partial charge in [-0.2, -0.15) is 5.26 Å². The van der Waals surface area contributed by atoms with E-state index in [9.17, 15) is 0 Å². The van der Waals surface area contributed by atoms with Crippen molar-refractivity contribution in [2.45, 2.75) is 25.0 Å². The van der Waals surface area contributed by atoms with E-state index in [1.165, 1.54) is 0 Å². The van der Waals surface area contributed by atoms with Crippen LogP contribution in [0.5, 0.6) is 0 Å². The van der Waals surface area contributed by atoms with E-state index in [4.69, 9.17) is 10.4 Å². The summed E-state index contributed by atoms with van der Waals surface area (Å²) in [4.78, 5) is 3.94. The smallest absolute Gasteiger partial charge is 0.163 e. The molecule has 1 heterocycles. The van der Waals surface area contributed by atoms with E-state index in [2.05, 4.69) is 10.3 Å². The molecular weight excluding hydrogens is 178 g/mol. The van der Waals surface area contributed by atoms with Crippen LogP contribution in [0.25, 0.3) is 0 Å². The zero-order valence-electron chi connectivity index (χ0n) is 7.64. The van der Waals surface area contributed by atoms with E-state index in [1.807, 2.05) is 12.1 Å². The van der Waals surface area contributed by atoms with Crippen LogP contribution in [0.4, 0.5) is 5.69 Å². The highest BCUT2D eigenvalue weighted by Gasteiger charge is 2.27. The van der Waals surface area contributed by atoms with E-state index in [0.717, 1.165) is 18.5 Å². The first-order chi connectivity index (χ1) is 6.79. The monoisotopic (exact) mass is 189 g/mol. The molecular formula is C10H11N3O. The van der Waals surface area contributed by atoms with E-state index in [-0.39, 0.29) is 12.1 Å². The number of aliphatic hydroxyl groups is 1. The first-order valence-corrected chi connectivity index (χ1v) is 4.59. The van der Waals surface area contributed by atoms with E-state index in [1.54, 1.807) is 12.3 Å². The summed E-state index contributed by atoms with van der Waals surface area (Å²) in [5.41, 5.74) is 1.17. The third-order valence-corrected chi connectivity index (χ3v) is 2.39. The molecule has 4 heteroatoms. The molecule has 0 amide bonds. The maximum absolute atomic E-state index is 9.10. The van der Waals surface area contributed by atoms with Crippen LogP contribution in [0.2, 0.25) is 0 Å². The molecule has 0 spiro atoms. The first-order valence-electron chi connectivity index (χ1n) is 4.59. The molecule has 1 fully saturated rings. The Kier molecular flexibility index (Phi) is 2.33. The Morgan fingerprint density at radius 1 is 1.57 bits per heavy atom. The highest BCUT2D eigenvalue weighted by Crippen LogP contribution is 2.24. The molecule has 1 aromatic heterocycles. The molecule has 0 aliphatic heterocycles. The fourth-order valence-corrected chi connectivity index (χ4v) is 1.54. The van der Waals surface area contributed by atoms with Gasteiger partial charge in [0.2, 0.25) is 0 Å². The van der Waals surface area contributed by atoms with Crippen LogP contribution in [0.1, 0.15) is 18.5 Å². The van der Waals surface area contributed by atoms with Gasteiger partial charge in [0.25, 0.3) is 0 Å². The number of anilines is 1. The summed E-state index contributed by atoms with van der Waals surface area (Å²) in [5, 5.41) is 21.1. The van der Waals surface area contributed by atoms with Crippen molar-refractivity contribution in [2.75, 3.05) is 5.32 Å². The van der Waals surface area contributed by atoms with Gasteiger partial charge in [0.15, 0.2) is 5.69 Å². The Balaban J connectivity index is 2.06. The number of nitrogens with zero attached hydrogens (tertiary/aromatic N) is 2. The van der Waals surface area contributed by atoms with E-state index in [0.29, 0.717) is 5.69 Å². The Hall–Kier alpha value is -1.60. The molecule has 14 heavy (non-hydrogen) atoms. The highest BCUT2D eigenvalue weighted by atomic mass is 16.3. The summed E-state index contributed by atoms with van der Waals surface area (Å²) in [6.07, 6.45) is 2.91. The number of aromatic nitrogens is 1. The lowest BCUT2D eigenvalue weighted by Crippen LogP contribution is -2.39. The number of hydrogen-bond acceptors (Lipinski definition) is 4. The summed E-state index contributed by atoms with van der Waals surface area (Å²) in [6.45, 7) is 0. The average Bonchev–Trinajstić information content (AvgIpc) is 2.16. The Labute approximate surface area is 82.2 Å². The lowest BCUT2D eigenvalue weighted by Gasteiger charge is -2.32. The maximum atomic E-state index is 9.10. The molecule has 4 nitrogen and oxygen atoms in total. The summed E-state index contributed by atoms with van der Waals surface area (Å²) in [7, 11) is 0. The molecule has 0 saturated heterocycles. The van der Waals surface area contributed by atoms with Gasteiger partial charge in [0.1, 0.15) is 6.07 Å². The molecule has 1 aromatic rings. The standard InChI is InChI=1S/C10H11N3O/c11-6-10-9(2-1-3-12-10)13-7-4-8(14)5-7/h1-3,7-8,13-14H,4-5H2. The third-order valence-electron chi connectivity index (χ3n) is 2.39. The number of rotatable bonds is 2. The van der Waals surface area contributed by atoms with Gasteiger partial charge >= 0.3 is 0 Å². The Morgan fingerprint density at radius 2 is 2.36 bits per heavy atom. The van der Waals surface area contributed by atoms with Crippen LogP contribution < -0.4 is 5.32 Å². The quantitative estimate of drug-likeness (QED) is 0.724. The Bertz CT molecular complexity index is 366. The van der Waals surface area contributed by atoms with Crippen molar-refractivity contribution >= 4 is 5.69 Å². The zero-order chi connectivity index (χ0) is 9.97. The topological polar surface area (TPSA) is 68.9 Å². The normalized spacial score (nSPS) is 24.9. The number of pyridine rings is 1. The fourth-order valence-electron chi connectivity index (χ4n) is 1.54. The first kappa shape index (κ1) is 8.97. The molecule has 2 rings (SSSR count). The summed E-state index contributed by atoms with van der Waals surface area (Å²) < 4.78 is 0. The molecule has 0 unspecified atom stereocenters. The zero-order valence-corrected chi connectivity index (χ0v) is 7.64. The second-order valence-corrected chi connectivity index (χ2v) is 3.48. The van der Waals surface area contributed by atoms with Gasteiger partial charge in [-0.3, -0.25) is 0 Å². The molecule has 0 radical (unpaired) electrons. The van der Waals surface area contributed by atoms with Crippen molar-refractivity contribution in [3.63, 3.8) is 0 Å². The van der Waals surface area contributed by atoms with Gasteiger partial charge in [-0.05, 0) is 25.0 Å². The predicted octanol–water partition coefficient (Wildman–Crippen LogP) is 0.888. The van der Waals surface area contributed by atoms with Crippen LogP contribution in [-0.2, 0) is 0 Å². The number of nitrogens with one attached hydrogen (secondary N) is 1. The SMILES string of the molecule is N#Cc1ncccc1NC1CC(O)C1. The van der Waals surface area contributed by atoms with Crippen LogP contribution in [0, 0.1) is 11.3 Å². The van der Waals surface area contributed by atoms with Gasteiger partial charge in [0, 0.05) is 12.2 Å². The van der Waals surface area contributed by atoms with Crippen molar-refractivity contribution < 1.29 is 5.11 Å². The molecule has 0 bridgehead atoms. The molecule has 72 valence electrons. The van der Waals surface area contributed by atoms with Gasteiger partial charge in [0.05, 0.1) is 11.8 Å². The molecule has 1 aliphatic rings. The van der Waals surface area contributed by atoms with Crippen molar-refractivity contribution in [3.05, 3.63) is 24.0 Å². The lowest BCUT2D eigenvalue weighted by atomic mass is 9.89. The fraction of sp³-hybridized carbons (Fsp3) is 0.400. The third kappa shape index (κ3) is 1.68. The summed E-state index contributed by atoms with van der Waals surface area (Å²) in [6, 6.07) is 5.92.